The number of pyridine rings is 2. The Balaban J connectivity index is 0.00000432. The Morgan fingerprint density at radius 1 is 0.480 bits per heavy atom. The number of benzene rings is 5. The molecule has 7 rings (SSSR count). The SMILES string of the molecule is CC(C)c1ccnc(-c2[c-][c]([Sb]([c]3[c-]c(-c4cc(C(C)C)ccn4)ccc3)[c]3c(-c4ccccc4)cccc3-c3ccccc3)ccc2)c1.[Pt+2]. The summed E-state index contributed by atoms with van der Waals surface area (Å²) in [4.78, 5) is 9.63. The first-order valence-corrected chi connectivity index (χ1v) is 20.8. The van der Waals surface area contributed by atoms with Crippen molar-refractivity contribution in [3.8, 4) is 44.8 Å². The van der Waals surface area contributed by atoms with Gasteiger partial charge in [0.05, 0.1) is 0 Å². The number of hydrogen-bond donors (Lipinski definition) is 0. The zero-order chi connectivity index (χ0) is 33.7. The molecule has 0 atom stereocenters. The summed E-state index contributed by atoms with van der Waals surface area (Å²) >= 11 is -2.92. The summed E-state index contributed by atoms with van der Waals surface area (Å²) in [6, 6.07) is 58.2. The number of aromatic nitrogens is 2. The van der Waals surface area contributed by atoms with Crippen molar-refractivity contribution in [2.24, 2.45) is 0 Å². The summed E-state index contributed by atoms with van der Waals surface area (Å²) in [5.74, 6) is 0.836. The molecule has 2 nitrogen and oxygen atoms in total. The van der Waals surface area contributed by atoms with Crippen molar-refractivity contribution < 1.29 is 21.1 Å². The van der Waals surface area contributed by atoms with Gasteiger partial charge in [-0.2, -0.15) is 0 Å². The third kappa shape index (κ3) is 7.78. The van der Waals surface area contributed by atoms with E-state index in [0.29, 0.717) is 11.8 Å². The van der Waals surface area contributed by atoms with Gasteiger partial charge in [-0.3, -0.25) is 0 Å². The molecule has 0 bridgehead atoms. The molecule has 0 spiro atoms. The van der Waals surface area contributed by atoms with Crippen molar-refractivity contribution in [3.63, 3.8) is 0 Å². The molecule has 0 unspecified atom stereocenters. The Morgan fingerprint density at radius 2 is 0.900 bits per heavy atom. The number of rotatable bonds is 9. The Kier molecular flexibility index (Phi) is 11.6. The number of nitrogens with zero attached hydrogens (tertiary/aromatic N) is 2. The van der Waals surface area contributed by atoms with E-state index in [-0.39, 0.29) is 21.1 Å². The average Bonchev–Trinajstić information content (AvgIpc) is 3.16. The Bertz CT molecular complexity index is 2040. The van der Waals surface area contributed by atoms with Crippen LogP contribution in [-0.2, 0) is 21.1 Å². The average molecular weight is 937 g/mol. The van der Waals surface area contributed by atoms with Gasteiger partial charge in [0.1, 0.15) is 0 Å². The van der Waals surface area contributed by atoms with Gasteiger partial charge in [-0.25, -0.2) is 0 Å². The topological polar surface area (TPSA) is 25.8 Å². The molecule has 0 radical (unpaired) electrons. The summed E-state index contributed by atoms with van der Waals surface area (Å²) in [5.41, 5.74) is 11.5. The molecule has 2 heterocycles. The second-order valence-electron chi connectivity index (χ2n) is 12.9. The fourth-order valence-electron chi connectivity index (χ4n) is 6.24. The molecule has 0 saturated heterocycles. The van der Waals surface area contributed by atoms with Gasteiger partial charge in [0.25, 0.3) is 0 Å². The molecular formula is C46H39N2PtSb. The van der Waals surface area contributed by atoms with Crippen LogP contribution in [-0.4, -0.2) is 30.2 Å². The smallest absolute Gasteiger partial charge is 2.00 e. The van der Waals surface area contributed by atoms with Crippen LogP contribution in [0.1, 0.15) is 50.7 Å². The molecule has 0 aliphatic rings. The monoisotopic (exact) mass is 935 g/mol. The minimum absolute atomic E-state index is 0. The van der Waals surface area contributed by atoms with E-state index in [9.17, 15) is 0 Å². The predicted octanol–water partition coefficient (Wildman–Crippen LogP) is 9.51. The van der Waals surface area contributed by atoms with Crippen LogP contribution >= 0.6 is 0 Å². The van der Waals surface area contributed by atoms with E-state index in [0.717, 1.165) is 22.5 Å². The van der Waals surface area contributed by atoms with Crippen LogP contribution in [0, 0.1) is 12.1 Å². The van der Waals surface area contributed by atoms with Gasteiger partial charge in [0.2, 0.25) is 0 Å². The quantitative estimate of drug-likeness (QED) is 0.107. The van der Waals surface area contributed by atoms with Crippen molar-refractivity contribution in [2.75, 3.05) is 0 Å². The summed E-state index contributed by atoms with van der Waals surface area (Å²) in [7, 11) is 0. The Morgan fingerprint density at radius 3 is 1.32 bits per heavy atom. The molecule has 0 N–H and O–H groups in total. The van der Waals surface area contributed by atoms with Gasteiger partial charge in [0, 0.05) is 0 Å². The largest absolute Gasteiger partial charge is 2.00 e. The molecule has 0 amide bonds. The summed E-state index contributed by atoms with van der Waals surface area (Å²) in [5, 5.41) is 0. The molecule has 7 aromatic rings. The van der Waals surface area contributed by atoms with Crippen molar-refractivity contribution >= 4 is 30.7 Å². The number of hydrogen-bond acceptors (Lipinski definition) is 2. The zero-order valence-corrected chi connectivity index (χ0v) is 33.6. The van der Waals surface area contributed by atoms with Gasteiger partial charge >= 0.3 is 321 Å². The summed E-state index contributed by atoms with van der Waals surface area (Å²) < 4.78 is 3.89. The maximum Gasteiger partial charge on any atom is 2.00 e. The molecule has 0 fully saturated rings. The van der Waals surface area contributed by atoms with Crippen LogP contribution in [0.3, 0.4) is 0 Å². The van der Waals surface area contributed by atoms with Gasteiger partial charge in [-0.05, 0) is 0 Å². The van der Waals surface area contributed by atoms with Crippen molar-refractivity contribution in [2.45, 2.75) is 39.5 Å². The second-order valence-corrected chi connectivity index (χ2v) is 18.9. The first kappa shape index (κ1) is 35.7. The Hall–Kier alpha value is -4.09. The van der Waals surface area contributed by atoms with Crippen LogP contribution in [0.4, 0.5) is 0 Å². The van der Waals surface area contributed by atoms with E-state index >= 15 is 0 Å². The molecule has 2 aromatic heterocycles. The van der Waals surface area contributed by atoms with E-state index < -0.39 is 20.2 Å². The van der Waals surface area contributed by atoms with Crippen LogP contribution < -0.4 is 10.5 Å². The van der Waals surface area contributed by atoms with Gasteiger partial charge < -0.3 is 0 Å². The third-order valence-electron chi connectivity index (χ3n) is 8.92. The molecule has 0 aliphatic carbocycles. The molecular weight excluding hydrogens is 897 g/mol. The fourth-order valence-corrected chi connectivity index (χ4v) is 13.6. The van der Waals surface area contributed by atoms with Gasteiger partial charge in [-0.15, -0.1) is 0 Å². The molecule has 5 aromatic carbocycles. The van der Waals surface area contributed by atoms with Crippen LogP contribution in [0.15, 0.2) is 152 Å². The van der Waals surface area contributed by atoms with E-state index in [1.165, 1.54) is 43.9 Å². The summed E-state index contributed by atoms with van der Waals surface area (Å²) in [6.07, 6.45) is 3.86. The van der Waals surface area contributed by atoms with Crippen molar-refractivity contribution in [1.29, 1.82) is 0 Å². The molecule has 0 aliphatic heterocycles. The molecule has 248 valence electrons. The normalized spacial score (nSPS) is 11.2. The van der Waals surface area contributed by atoms with E-state index in [2.05, 4.69) is 179 Å². The van der Waals surface area contributed by atoms with Crippen molar-refractivity contribution in [1.82, 2.24) is 9.97 Å². The molecule has 50 heavy (non-hydrogen) atoms. The van der Waals surface area contributed by atoms with E-state index in [1.807, 2.05) is 12.4 Å². The first-order valence-electron chi connectivity index (χ1n) is 17.0. The zero-order valence-electron chi connectivity index (χ0n) is 28.7. The van der Waals surface area contributed by atoms with Crippen LogP contribution in [0.25, 0.3) is 44.8 Å². The minimum atomic E-state index is -2.92. The second kappa shape index (κ2) is 16.3. The maximum atomic E-state index is 4.82. The van der Waals surface area contributed by atoms with E-state index in [1.54, 1.807) is 0 Å². The third-order valence-corrected chi connectivity index (χ3v) is 15.8. The van der Waals surface area contributed by atoms with Crippen LogP contribution in [0.2, 0.25) is 0 Å². The van der Waals surface area contributed by atoms with Crippen LogP contribution in [0.5, 0.6) is 0 Å². The van der Waals surface area contributed by atoms with Gasteiger partial charge in [-0.1, -0.05) is 0 Å². The maximum absolute atomic E-state index is 4.82. The fraction of sp³-hybridized carbons (Fsp3) is 0.130. The van der Waals surface area contributed by atoms with E-state index in [4.69, 9.17) is 9.97 Å². The first-order chi connectivity index (χ1) is 24.0. The summed E-state index contributed by atoms with van der Waals surface area (Å²) in [6.45, 7) is 8.91. The Labute approximate surface area is 318 Å². The minimum Gasteiger partial charge on any atom is 2.00 e. The standard InChI is InChI=1S/C18H13.2C14H13N.Pt.Sb/c1-3-8-15(9-4-1)17-12-7-13-18(14-17)16-10-5-2-6-11-16;2*1-11(2)13-8-9-15-14(10-13)12-6-4-3-5-7-12;;/h1-13H;2*3-4,6,8-11H,1-2H3;;/q;2*-1;+2;. The van der Waals surface area contributed by atoms with Gasteiger partial charge in [0.15, 0.2) is 0 Å². The molecule has 4 heteroatoms. The van der Waals surface area contributed by atoms with Crippen molar-refractivity contribution in [3.05, 3.63) is 175 Å². The molecule has 0 saturated carbocycles. The predicted molar refractivity (Wildman–Crippen MR) is 207 cm³/mol.